The van der Waals surface area contributed by atoms with E-state index in [0.29, 0.717) is 18.0 Å². The van der Waals surface area contributed by atoms with Gasteiger partial charge in [-0.05, 0) is 6.42 Å². The van der Waals surface area contributed by atoms with Crippen molar-refractivity contribution in [1.29, 1.82) is 0 Å². The van der Waals surface area contributed by atoms with E-state index in [-0.39, 0.29) is 0 Å². The molecule has 0 spiro atoms. The van der Waals surface area contributed by atoms with E-state index in [0.717, 1.165) is 18.9 Å². The fourth-order valence-corrected chi connectivity index (χ4v) is 2.72. The number of hydrogen-bond donors (Lipinski definition) is 1. The van der Waals surface area contributed by atoms with Gasteiger partial charge in [0.1, 0.15) is 0 Å². The van der Waals surface area contributed by atoms with Crippen LogP contribution in [0.25, 0.3) is 0 Å². The van der Waals surface area contributed by atoms with Crippen LogP contribution in [0, 0.1) is 11.8 Å². The highest BCUT2D eigenvalue weighted by Crippen LogP contribution is 2.34. The summed E-state index contributed by atoms with van der Waals surface area (Å²) in [6.07, 6.45) is 12.1. The van der Waals surface area contributed by atoms with Gasteiger partial charge in [0.2, 0.25) is 0 Å². The summed E-state index contributed by atoms with van der Waals surface area (Å²) in [6.45, 7) is 1.01. The summed E-state index contributed by atoms with van der Waals surface area (Å²) in [5.41, 5.74) is 0. The molecule has 0 saturated carbocycles. The van der Waals surface area contributed by atoms with Gasteiger partial charge < -0.3 is 5.32 Å². The van der Waals surface area contributed by atoms with E-state index in [4.69, 9.17) is 0 Å². The molecule has 0 bridgehead atoms. The summed E-state index contributed by atoms with van der Waals surface area (Å²) < 4.78 is 0. The number of hydrogen-bond acceptors (Lipinski definition) is 2. The van der Waals surface area contributed by atoms with Gasteiger partial charge in [0.25, 0.3) is 0 Å². The first-order valence-corrected chi connectivity index (χ1v) is 5.04. The average molecular weight is 174 g/mol. The van der Waals surface area contributed by atoms with Crippen LogP contribution in [-0.4, -0.2) is 24.8 Å². The zero-order chi connectivity index (χ0) is 8.67. The van der Waals surface area contributed by atoms with Crippen LogP contribution in [0.15, 0.2) is 29.3 Å². The second-order valence-corrected chi connectivity index (χ2v) is 4.09. The molecule has 2 nitrogen and oxygen atoms in total. The van der Waals surface area contributed by atoms with E-state index < -0.39 is 0 Å². The third-order valence-electron chi connectivity index (χ3n) is 3.40. The van der Waals surface area contributed by atoms with Crippen LogP contribution in [0.5, 0.6) is 0 Å². The van der Waals surface area contributed by atoms with E-state index in [9.17, 15) is 0 Å². The third kappa shape index (κ3) is 1.09. The second kappa shape index (κ2) is 2.81. The molecule has 68 valence electrons. The molecule has 4 unspecified atom stereocenters. The summed E-state index contributed by atoms with van der Waals surface area (Å²) in [5, 5.41) is 3.67. The third-order valence-corrected chi connectivity index (χ3v) is 3.40. The van der Waals surface area contributed by atoms with Gasteiger partial charge in [-0.1, -0.05) is 24.3 Å². The first-order valence-electron chi connectivity index (χ1n) is 5.04. The molecule has 3 rings (SSSR count). The SMILES string of the molecule is C1=CC2NC3CC=NCC3C2C=C1. The van der Waals surface area contributed by atoms with Crippen molar-refractivity contribution in [1.82, 2.24) is 5.32 Å². The van der Waals surface area contributed by atoms with Crippen LogP contribution in [0.3, 0.4) is 0 Å². The van der Waals surface area contributed by atoms with Crippen LogP contribution in [0.2, 0.25) is 0 Å². The Hall–Kier alpha value is -0.890. The average Bonchev–Trinajstić information content (AvgIpc) is 2.56. The fraction of sp³-hybridized carbons (Fsp3) is 0.545. The van der Waals surface area contributed by atoms with Crippen molar-refractivity contribution in [3.05, 3.63) is 24.3 Å². The highest BCUT2D eigenvalue weighted by molar-refractivity contribution is 5.59. The van der Waals surface area contributed by atoms with E-state index in [1.54, 1.807) is 0 Å². The first kappa shape index (κ1) is 7.51. The maximum absolute atomic E-state index is 4.39. The molecule has 3 aliphatic rings. The van der Waals surface area contributed by atoms with Gasteiger partial charge in [-0.2, -0.15) is 0 Å². The number of fused-ring (bicyclic) bond motifs is 3. The van der Waals surface area contributed by atoms with E-state index in [2.05, 4.69) is 40.8 Å². The van der Waals surface area contributed by atoms with Crippen LogP contribution in [0.4, 0.5) is 0 Å². The van der Waals surface area contributed by atoms with Crippen molar-refractivity contribution < 1.29 is 0 Å². The minimum Gasteiger partial charge on any atom is -0.306 e. The standard InChI is InChI=1S/C11H14N2/c1-2-4-10-8(3-1)9-7-12-6-5-11(9)13-10/h1-4,6,8-11,13H,5,7H2. The molecule has 4 atom stereocenters. The molecule has 2 heterocycles. The fourth-order valence-electron chi connectivity index (χ4n) is 2.72. The van der Waals surface area contributed by atoms with Crippen molar-refractivity contribution in [2.75, 3.05) is 6.54 Å². The Balaban J connectivity index is 1.89. The number of aliphatic imine (C=N–C) groups is 1. The normalized spacial score (nSPS) is 46.2. The van der Waals surface area contributed by atoms with Gasteiger partial charge in [0.15, 0.2) is 0 Å². The number of rotatable bonds is 0. The molecule has 13 heavy (non-hydrogen) atoms. The Morgan fingerprint density at radius 2 is 2.15 bits per heavy atom. The Labute approximate surface area is 78.4 Å². The molecule has 1 aliphatic carbocycles. The maximum atomic E-state index is 4.39. The lowest BCUT2D eigenvalue weighted by molar-refractivity contribution is 0.407. The number of nitrogens with one attached hydrogen (secondary N) is 1. The Kier molecular flexibility index (Phi) is 1.62. The number of allylic oxidation sites excluding steroid dienone is 2. The molecule has 0 aromatic carbocycles. The first-order chi connectivity index (χ1) is 6.45. The van der Waals surface area contributed by atoms with Gasteiger partial charge in [-0.3, -0.25) is 4.99 Å². The lowest BCUT2D eigenvalue weighted by Gasteiger charge is -2.23. The molecule has 1 N–H and O–H groups in total. The maximum Gasteiger partial charge on any atom is 0.0435 e. The van der Waals surface area contributed by atoms with E-state index in [1.165, 1.54) is 0 Å². The summed E-state index contributed by atoms with van der Waals surface area (Å²) >= 11 is 0. The van der Waals surface area contributed by atoms with Crippen molar-refractivity contribution in [2.24, 2.45) is 16.8 Å². The zero-order valence-electron chi connectivity index (χ0n) is 7.56. The summed E-state index contributed by atoms with van der Waals surface area (Å²) in [6, 6.07) is 1.24. The van der Waals surface area contributed by atoms with Crippen LogP contribution in [0.1, 0.15) is 6.42 Å². The van der Waals surface area contributed by atoms with Crippen molar-refractivity contribution >= 4 is 6.21 Å². The molecule has 0 aromatic rings. The lowest BCUT2D eigenvalue weighted by Crippen LogP contribution is -2.33. The van der Waals surface area contributed by atoms with Gasteiger partial charge >= 0.3 is 0 Å². The van der Waals surface area contributed by atoms with Crippen LogP contribution >= 0.6 is 0 Å². The summed E-state index contributed by atoms with van der Waals surface area (Å²) in [4.78, 5) is 4.39. The minimum atomic E-state index is 0.571. The summed E-state index contributed by atoms with van der Waals surface area (Å²) in [5.74, 6) is 1.42. The highest BCUT2D eigenvalue weighted by Gasteiger charge is 2.41. The Morgan fingerprint density at radius 3 is 3.15 bits per heavy atom. The quantitative estimate of drug-likeness (QED) is 0.585. The molecule has 0 radical (unpaired) electrons. The minimum absolute atomic E-state index is 0.571. The van der Waals surface area contributed by atoms with Gasteiger partial charge in [-0.25, -0.2) is 0 Å². The summed E-state index contributed by atoms with van der Waals surface area (Å²) in [7, 11) is 0. The largest absolute Gasteiger partial charge is 0.306 e. The van der Waals surface area contributed by atoms with Crippen molar-refractivity contribution in [3.63, 3.8) is 0 Å². The van der Waals surface area contributed by atoms with Gasteiger partial charge in [0.05, 0.1) is 0 Å². The topological polar surface area (TPSA) is 24.4 Å². The number of nitrogens with zero attached hydrogens (tertiary/aromatic N) is 1. The Morgan fingerprint density at radius 1 is 1.23 bits per heavy atom. The zero-order valence-corrected chi connectivity index (χ0v) is 7.56. The monoisotopic (exact) mass is 174 g/mol. The lowest BCUT2D eigenvalue weighted by atomic mass is 9.83. The van der Waals surface area contributed by atoms with E-state index >= 15 is 0 Å². The van der Waals surface area contributed by atoms with Crippen LogP contribution < -0.4 is 5.32 Å². The molecule has 2 heteroatoms. The van der Waals surface area contributed by atoms with Crippen molar-refractivity contribution in [2.45, 2.75) is 18.5 Å². The smallest absolute Gasteiger partial charge is 0.0435 e. The van der Waals surface area contributed by atoms with Crippen molar-refractivity contribution in [3.8, 4) is 0 Å². The molecular weight excluding hydrogens is 160 g/mol. The van der Waals surface area contributed by atoms with Gasteiger partial charge in [-0.15, -0.1) is 0 Å². The molecule has 2 aliphatic heterocycles. The second-order valence-electron chi connectivity index (χ2n) is 4.09. The molecule has 1 saturated heterocycles. The van der Waals surface area contributed by atoms with Gasteiger partial charge in [0, 0.05) is 36.7 Å². The molecule has 0 aromatic heterocycles. The predicted octanol–water partition coefficient (Wildman–Crippen LogP) is 1.16. The Bertz CT molecular complexity index is 290. The highest BCUT2D eigenvalue weighted by atomic mass is 15.0. The van der Waals surface area contributed by atoms with E-state index in [1.807, 2.05) is 0 Å². The molecular formula is C11H14N2. The predicted molar refractivity (Wildman–Crippen MR) is 53.9 cm³/mol. The van der Waals surface area contributed by atoms with Crippen LogP contribution in [-0.2, 0) is 0 Å². The molecule has 0 amide bonds. The molecule has 1 fully saturated rings.